The van der Waals surface area contributed by atoms with E-state index in [0.717, 1.165) is 13.1 Å². The minimum Gasteiger partial charge on any atom is -0.312 e. The van der Waals surface area contributed by atoms with Crippen molar-refractivity contribution in [1.29, 1.82) is 0 Å². The van der Waals surface area contributed by atoms with E-state index in [4.69, 9.17) is 0 Å². The summed E-state index contributed by atoms with van der Waals surface area (Å²) in [5, 5.41) is 4.79. The average molecular weight is 205 g/mol. The van der Waals surface area contributed by atoms with E-state index in [1.165, 1.54) is 21.4 Å². The number of rotatable bonds is 4. The van der Waals surface area contributed by atoms with E-state index in [2.05, 4.69) is 42.6 Å². The van der Waals surface area contributed by atoms with E-state index in [1.54, 1.807) is 0 Å². The number of hydrogen-bond acceptors (Lipinski definition) is 2. The summed E-state index contributed by atoms with van der Waals surface area (Å²) < 4.78 is 1.39. The van der Waals surface area contributed by atoms with Gasteiger partial charge in [-0.1, -0.05) is 25.1 Å². The predicted octanol–water partition coefficient (Wildman–Crippen LogP) is 3.40. The molecular formula is C12H15NS. The third-order valence-electron chi connectivity index (χ3n) is 2.20. The van der Waals surface area contributed by atoms with Gasteiger partial charge >= 0.3 is 0 Å². The molecule has 1 aromatic carbocycles. The average Bonchev–Trinajstić information content (AvgIpc) is 2.60. The molecule has 0 amide bonds. The minimum atomic E-state index is 1.01. The third kappa shape index (κ3) is 2.14. The Morgan fingerprint density at radius 1 is 1.29 bits per heavy atom. The Labute approximate surface area is 88.8 Å². The summed E-state index contributed by atoms with van der Waals surface area (Å²) in [5.74, 6) is 0. The van der Waals surface area contributed by atoms with E-state index >= 15 is 0 Å². The van der Waals surface area contributed by atoms with Crippen LogP contribution in [0.2, 0.25) is 0 Å². The first-order valence-corrected chi connectivity index (χ1v) is 5.90. The molecule has 0 saturated heterocycles. The van der Waals surface area contributed by atoms with Gasteiger partial charge in [-0.15, -0.1) is 11.3 Å². The fourth-order valence-electron chi connectivity index (χ4n) is 1.51. The van der Waals surface area contributed by atoms with Gasteiger partial charge < -0.3 is 5.32 Å². The van der Waals surface area contributed by atoms with Gasteiger partial charge in [0.15, 0.2) is 0 Å². The highest BCUT2D eigenvalue weighted by Gasteiger charge is 1.99. The van der Waals surface area contributed by atoms with Gasteiger partial charge in [0.1, 0.15) is 0 Å². The maximum absolute atomic E-state index is 3.42. The standard InChI is InChI=1S/C12H15NS/c1-2-7-13-9-11-8-10-5-3-4-6-12(10)14-11/h3-6,8,13H,2,7,9H2,1H3. The zero-order chi connectivity index (χ0) is 9.80. The molecule has 2 aromatic rings. The molecule has 1 heterocycles. The van der Waals surface area contributed by atoms with Gasteiger partial charge in [0, 0.05) is 16.1 Å². The van der Waals surface area contributed by atoms with Gasteiger partial charge in [-0.05, 0) is 30.5 Å². The summed E-state index contributed by atoms with van der Waals surface area (Å²) >= 11 is 1.89. The van der Waals surface area contributed by atoms with Crippen molar-refractivity contribution in [2.45, 2.75) is 19.9 Å². The van der Waals surface area contributed by atoms with E-state index in [0.29, 0.717) is 0 Å². The molecule has 1 aromatic heterocycles. The Hall–Kier alpha value is -0.860. The molecule has 0 fully saturated rings. The highest BCUT2D eigenvalue weighted by Crippen LogP contribution is 2.24. The molecule has 0 spiro atoms. The normalized spacial score (nSPS) is 10.9. The van der Waals surface area contributed by atoms with Crippen LogP contribution in [-0.2, 0) is 6.54 Å². The molecule has 1 nitrogen and oxygen atoms in total. The quantitative estimate of drug-likeness (QED) is 0.754. The third-order valence-corrected chi connectivity index (χ3v) is 3.32. The minimum absolute atomic E-state index is 1.01. The van der Waals surface area contributed by atoms with Crippen LogP contribution in [0.3, 0.4) is 0 Å². The number of nitrogens with one attached hydrogen (secondary N) is 1. The molecule has 0 aliphatic rings. The Balaban J connectivity index is 2.11. The Kier molecular flexibility index (Phi) is 3.17. The Morgan fingerprint density at radius 2 is 2.14 bits per heavy atom. The van der Waals surface area contributed by atoms with Crippen molar-refractivity contribution in [1.82, 2.24) is 5.32 Å². The highest BCUT2D eigenvalue weighted by atomic mass is 32.1. The zero-order valence-electron chi connectivity index (χ0n) is 8.42. The molecule has 0 atom stereocenters. The lowest BCUT2D eigenvalue weighted by molar-refractivity contribution is 0.682. The molecule has 1 N–H and O–H groups in total. The van der Waals surface area contributed by atoms with Crippen molar-refractivity contribution < 1.29 is 0 Å². The van der Waals surface area contributed by atoms with Gasteiger partial charge in [-0.3, -0.25) is 0 Å². The van der Waals surface area contributed by atoms with E-state index < -0.39 is 0 Å². The summed E-state index contributed by atoms with van der Waals surface area (Å²) in [6.07, 6.45) is 1.20. The Bertz CT molecular complexity index is 372. The van der Waals surface area contributed by atoms with E-state index in [-0.39, 0.29) is 0 Å². The molecule has 0 aliphatic heterocycles. The van der Waals surface area contributed by atoms with Crippen molar-refractivity contribution in [3.8, 4) is 0 Å². The molecule has 0 saturated carbocycles. The fraction of sp³-hybridized carbons (Fsp3) is 0.333. The molecule has 2 rings (SSSR count). The van der Waals surface area contributed by atoms with E-state index in [1.807, 2.05) is 11.3 Å². The van der Waals surface area contributed by atoms with Crippen molar-refractivity contribution in [3.05, 3.63) is 35.2 Å². The first kappa shape index (κ1) is 9.69. The summed E-state index contributed by atoms with van der Waals surface area (Å²) in [6, 6.07) is 10.8. The molecule has 14 heavy (non-hydrogen) atoms. The van der Waals surface area contributed by atoms with Crippen LogP contribution in [0.25, 0.3) is 10.1 Å². The second-order valence-electron chi connectivity index (χ2n) is 3.43. The lowest BCUT2D eigenvalue weighted by Gasteiger charge is -1.97. The van der Waals surface area contributed by atoms with Crippen molar-refractivity contribution >= 4 is 21.4 Å². The summed E-state index contributed by atoms with van der Waals surface area (Å²) in [7, 11) is 0. The van der Waals surface area contributed by atoms with Crippen LogP contribution in [0.1, 0.15) is 18.2 Å². The second kappa shape index (κ2) is 4.58. The van der Waals surface area contributed by atoms with Gasteiger partial charge in [-0.25, -0.2) is 0 Å². The maximum atomic E-state index is 3.42. The number of fused-ring (bicyclic) bond motifs is 1. The van der Waals surface area contributed by atoms with Crippen molar-refractivity contribution in [3.63, 3.8) is 0 Å². The topological polar surface area (TPSA) is 12.0 Å². The second-order valence-corrected chi connectivity index (χ2v) is 4.60. The van der Waals surface area contributed by atoms with E-state index in [9.17, 15) is 0 Å². The van der Waals surface area contributed by atoms with Gasteiger partial charge in [0.2, 0.25) is 0 Å². The SMILES string of the molecule is CCCNCc1cc2ccccc2s1. The molecule has 0 aliphatic carbocycles. The summed E-state index contributed by atoms with van der Waals surface area (Å²) in [6.45, 7) is 4.30. The van der Waals surface area contributed by atoms with Crippen LogP contribution in [0, 0.1) is 0 Å². The lowest BCUT2D eigenvalue weighted by Crippen LogP contribution is -2.12. The van der Waals surface area contributed by atoms with Crippen LogP contribution in [0.4, 0.5) is 0 Å². The molecule has 74 valence electrons. The highest BCUT2D eigenvalue weighted by molar-refractivity contribution is 7.19. The van der Waals surface area contributed by atoms with Crippen LogP contribution < -0.4 is 5.32 Å². The molecular weight excluding hydrogens is 190 g/mol. The molecule has 0 radical (unpaired) electrons. The predicted molar refractivity (Wildman–Crippen MR) is 63.8 cm³/mol. The fourth-order valence-corrected chi connectivity index (χ4v) is 2.55. The maximum Gasteiger partial charge on any atom is 0.0346 e. The van der Waals surface area contributed by atoms with Crippen molar-refractivity contribution in [2.75, 3.05) is 6.54 Å². The smallest absolute Gasteiger partial charge is 0.0346 e. The Morgan fingerprint density at radius 3 is 2.93 bits per heavy atom. The number of thiophene rings is 1. The molecule has 0 unspecified atom stereocenters. The monoisotopic (exact) mass is 205 g/mol. The lowest BCUT2D eigenvalue weighted by atomic mass is 10.2. The van der Waals surface area contributed by atoms with Gasteiger partial charge in [0.25, 0.3) is 0 Å². The first-order valence-electron chi connectivity index (χ1n) is 5.08. The zero-order valence-corrected chi connectivity index (χ0v) is 9.23. The first-order chi connectivity index (χ1) is 6.90. The van der Waals surface area contributed by atoms with Gasteiger partial charge in [0.05, 0.1) is 0 Å². The summed E-state index contributed by atoms with van der Waals surface area (Å²) in [4.78, 5) is 1.43. The van der Waals surface area contributed by atoms with Crippen LogP contribution >= 0.6 is 11.3 Å². The van der Waals surface area contributed by atoms with Crippen LogP contribution in [0.15, 0.2) is 30.3 Å². The summed E-state index contributed by atoms with van der Waals surface area (Å²) in [5.41, 5.74) is 0. The van der Waals surface area contributed by atoms with Crippen LogP contribution in [0.5, 0.6) is 0 Å². The van der Waals surface area contributed by atoms with Crippen LogP contribution in [-0.4, -0.2) is 6.54 Å². The molecule has 0 bridgehead atoms. The molecule has 2 heteroatoms. The number of benzene rings is 1. The largest absolute Gasteiger partial charge is 0.312 e. The van der Waals surface area contributed by atoms with Crippen molar-refractivity contribution in [2.24, 2.45) is 0 Å². The van der Waals surface area contributed by atoms with Gasteiger partial charge in [-0.2, -0.15) is 0 Å². The number of hydrogen-bond donors (Lipinski definition) is 1.